The molecule has 1 aromatic heterocycles. The normalized spacial score (nSPS) is 10.8. The third-order valence-corrected chi connectivity index (χ3v) is 3.72. The summed E-state index contributed by atoms with van der Waals surface area (Å²) in [4.78, 5) is 1.28. The van der Waals surface area contributed by atoms with Gasteiger partial charge in [-0.15, -0.1) is 11.3 Å². The molecule has 1 heterocycles. The quantitative estimate of drug-likeness (QED) is 0.736. The van der Waals surface area contributed by atoms with Gasteiger partial charge in [0.15, 0.2) is 0 Å². The molecule has 19 heavy (non-hydrogen) atoms. The minimum atomic E-state index is 0.681. The molecule has 0 bridgehead atoms. The van der Waals surface area contributed by atoms with E-state index in [9.17, 15) is 0 Å². The van der Waals surface area contributed by atoms with Crippen molar-refractivity contribution in [1.82, 2.24) is 5.32 Å². The monoisotopic (exact) mass is 275 g/mol. The molecule has 2 nitrogen and oxygen atoms in total. The molecule has 2 rings (SSSR count). The molecular formula is C16H21NOS. The summed E-state index contributed by atoms with van der Waals surface area (Å²) < 4.78 is 5.70. The van der Waals surface area contributed by atoms with Crippen LogP contribution in [-0.4, -0.2) is 6.54 Å². The summed E-state index contributed by atoms with van der Waals surface area (Å²) in [6.45, 7) is 5.59. The fourth-order valence-electron chi connectivity index (χ4n) is 1.83. The predicted octanol–water partition coefficient (Wildman–Crippen LogP) is 3.96. The molecule has 1 aromatic carbocycles. The van der Waals surface area contributed by atoms with Crippen molar-refractivity contribution in [2.45, 2.75) is 33.1 Å². The molecule has 0 aliphatic carbocycles. The third-order valence-electron chi connectivity index (χ3n) is 2.87. The first-order chi connectivity index (χ1) is 9.38. The fraction of sp³-hybridized carbons (Fsp3) is 0.375. The molecule has 0 amide bonds. The molecule has 0 fully saturated rings. The first-order valence-electron chi connectivity index (χ1n) is 6.77. The van der Waals surface area contributed by atoms with Crippen LogP contribution >= 0.6 is 11.3 Å². The highest BCUT2D eigenvalue weighted by Crippen LogP contribution is 2.12. The lowest BCUT2D eigenvalue weighted by Gasteiger charge is -2.06. The van der Waals surface area contributed by atoms with E-state index in [1.54, 1.807) is 11.3 Å². The van der Waals surface area contributed by atoms with Crippen LogP contribution in [0.25, 0.3) is 0 Å². The van der Waals surface area contributed by atoms with Crippen molar-refractivity contribution in [2.24, 2.45) is 0 Å². The van der Waals surface area contributed by atoms with Gasteiger partial charge in [0.05, 0.1) is 13.2 Å². The lowest BCUT2D eigenvalue weighted by molar-refractivity contribution is 0.109. The average molecular weight is 275 g/mol. The Bertz CT molecular complexity index is 450. The maximum Gasteiger partial charge on any atom is 0.0813 e. The van der Waals surface area contributed by atoms with Gasteiger partial charge < -0.3 is 10.1 Å². The standard InChI is InChI=1S/C16H21NOS/c1-2-9-17-11-14-5-7-15(8-6-14)12-18-13-16-4-3-10-19-16/h3-8,10,17H,2,9,11-13H2,1H3. The zero-order valence-corrected chi connectivity index (χ0v) is 12.2. The molecule has 0 saturated carbocycles. The van der Waals surface area contributed by atoms with Gasteiger partial charge in [-0.25, -0.2) is 0 Å². The van der Waals surface area contributed by atoms with Crippen LogP contribution in [0.3, 0.4) is 0 Å². The molecule has 0 saturated heterocycles. The zero-order chi connectivity index (χ0) is 13.3. The number of nitrogens with one attached hydrogen (secondary N) is 1. The van der Waals surface area contributed by atoms with Gasteiger partial charge in [0.1, 0.15) is 0 Å². The molecule has 0 atom stereocenters. The van der Waals surface area contributed by atoms with Crippen LogP contribution in [0.4, 0.5) is 0 Å². The topological polar surface area (TPSA) is 21.3 Å². The largest absolute Gasteiger partial charge is 0.371 e. The Morgan fingerprint density at radius 2 is 1.84 bits per heavy atom. The van der Waals surface area contributed by atoms with Crippen LogP contribution in [0.2, 0.25) is 0 Å². The van der Waals surface area contributed by atoms with Crippen molar-refractivity contribution < 1.29 is 4.74 Å². The van der Waals surface area contributed by atoms with Crippen molar-refractivity contribution >= 4 is 11.3 Å². The van der Waals surface area contributed by atoms with Crippen LogP contribution in [0.1, 0.15) is 29.3 Å². The van der Waals surface area contributed by atoms with Crippen molar-refractivity contribution in [3.63, 3.8) is 0 Å². The minimum Gasteiger partial charge on any atom is -0.371 e. The molecule has 0 unspecified atom stereocenters. The maximum atomic E-state index is 5.70. The predicted molar refractivity (Wildman–Crippen MR) is 81.3 cm³/mol. The molecule has 0 aliphatic heterocycles. The smallest absolute Gasteiger partial charge is 0.0813 e. The van der Waals surface area contributed by atoms with Crippen molar-refractivity contribution in [2.75, 3.05) is 6.54 Å². The Labute approximate surface area is 119 Å². The molecule has 1 N–H and O–H groups in total. The lowest BCUT2D eigenvalue weighted by Crippen LogP contribution is -2.13. The van der Waals surface area contributed by atoms with E-state index in [0.717, 1.165) is 13.1 Å². The highest BCUT2D eigenvalue weighted by Gasteiger charge is 1.97. The number of thiophene rings is 1. The highest BCUT2D eigenvalue weighted by molar-refractivity contribution is 7.09. The first kappa shape index (κ1) is 14.3. The summed E-state index contributed by atoms with van der Waals surface area (Å²) in [5.41, 5.74) is 2.56. The van der Waals surface area contributed by atoms with E-state index in [0.29, 0.717) is 13.2 Å². The van der Waals surface area contributed by atoms with E-state index in [1.807, 2.05) is 0 Å². The number of hydrogen-bond acceptors (Lipinski definition) is 3. The van der Waals surface area contributed by atoms with Gasteiger partial charge in [0, 0.05) is 11.4 Å². The van der Waals surface area contributed by atoms with Crippen LogP contribution in [0, 0.1) is 0 Å². The maximum absolute atomic E-state index is 5.70. The third kappa shape index (κ3) is 5.15. The van der Waals surface area contributed by atoms with E-state index in [4.69, 9.17) is 4.74 Å². The van der Waals surface area contributed by atoms with Crippen LogP contribution in [0.15, 0.2) is 41.8 Å². The van der Waals surface area contributed by atoms with Gasteiger partial charge >= 0.3 is 0 Å². The second-order valence-electron chi connectivity index (χ2n) is 4.57. The first-order valence-corrected chi connectivity index (χ1v) is 7.65. The second kappa shape index (κ2) is 8.10. The van der Waals surface area contributed by atoms with Gasteiger partial charge in [-0.3, -0.25) is 0 Å². The van der Waals surface area contributed by atoms with E-state index in [1.165, 1.54) is 22.4 Å². The number of hydrogen-bond donors (Lipinski definition) is 1. The Hall–Kier alpha value is -1.16. The number of rotatable bonds is 8. The minimum absolute atomic E-state index is 0.681. The van der Waals surface area contributed by atoms with Crippen molar-refractivity contribution in [1.29, 1.82) is 0 Å². The summed E-state index contributed by atoms with van der Waals surface area (Å²) in [6, 6.07) is 12.8. The second-order valence-corrected chi connectivity index (χ2v) is 5.60. The Morgan fingerprint density at radius 1 is 1.05 bits per heavy atom. The van der Waals surface area contributed by atoms with Gasteiger partial charge in [0.25, 0.3) is 0 Å². The molecule has 2 aromatic rings. The van der Waals surface area contributed by atoms with Crippen LogP contribution in [0.5, 0.6) is 0 Å². The molecule has 102 valence electrons. The van der Waals surface area contributed by atoms with Crippen molar-refractivity contribution in [3.8, 4) is 0 Å². The molecule has 0 aliphatic rings. The average Bonchev–Trinajstić information content (AvgIpc) is 2.94. The summed E-state index contributed by atoms with van der Waals surface area (Å²) in [6.07, 6.45) is 1.18. The van der Waals surface area contributed by atoms with E-state index in [2.05, 4.69) is 54.0 Å². The lowest BCUT2D eigenvalue weighted by atomic mass is 10.1. The Kier molecular flexibility index (Phi) is 6.08. The summed E-state index contributed by atoms with van der Waals surface area (Å²) in [7, 11) is 0. The fourth-order valence-corrected chi connectivity index (χ4v) is 2.47. The van der Waals surface area contributed by atoms with Gasteiger partial charge in [-0.05, 0) is 35.5 Å². The Morgan fingerprint density at radius 3 is 2.53 bits per heavy atom. The summed E-state index contributed by atoms with van der Waals surface area (Å²) in [5.74, 6) is 0. The molecule has 0 radical (unpaired) electrons. The van der Waals surface area contributed by atoms with E-state index in [-0.39, 0.29) is 0 Å². The van der Waals surface area contributed by atoms with Crippen molar-refractivity contribution in [3.05, 3.63) is 57.8 Å². The molecule has 0 spiro atoms. The summed E-state index contributed by atoms with van der Waals surface area (Å²) >= 11 is 1.74. The number of ether oxygens (including phenoxy) is 1. The van der Waals surface area contributed by atoms with Crippen LogP contribution in [-0.2, 0) is 24.5 Å². The van der Waals surface area contributed by atoms with Gasteiger partial charge in [-0.1, -0.05) is 37.3 Å². The molecule has 3 heteroatoms. The highest BCUT2D eigenvalue weighted by atomic mass is 32.1. The van der Waals surface area contributed by atoms with Crippen LogP contribution < -0.4 is 5.32 Å². The van der Waals surface area contributed by atoms with Gasteiger partial charge in [0.2, 0.25) is 0 Å². The number of benzene rings is 1. The SMILES string of the molecule is CCCNCc1ccc(COCc2cccs2)cc1. The molecular weight excluding hydrogens is 254 g/mol. The van der Waals surface area contributed by atoms with E-state index < -0.39 is 0 Å². The zero-order valence-electron chi connectivity index (χ0n) is 11.4. The van der Waals surface area contributed by atoms with E-state index >= 15 is 0 Å². The Balaban J connectivity index is 1.72. The summed E-state index contributed by atoms with van der Waals surface area (Å²) in [5, 5.41) is 5.48. The van der Waals surface area contributed by atoms with Gasteiger partial charge in [-0.2, -0.15) is 0 Å².